The van der Waals surface area contributed by atoms with Gasteiger partial charge in [-0.25, -0.2) is 4.98 Å². The molecule has 1 aromatic carbocycles. The Kier molecular flexibility index (Phi) is 4.64. The first-order chi connectivity index (χ1) is 14.1. The Morgan fingerprint density at radius 1 is 1.17 bits per heavy atom. The summed E-state index contributed by atoms with van der Waals surface area (Å²) >= 11 is 1.64. The van der Waals surface area contributed by atoms with E-state index < -0.39 is 0 Å². The molecule has 0 N–H and O–H groups in total. The highest BCUT2D eigenvalue weighted by Gasteiger charge is 2.45. The van der Waals surface area contributed by atoms with Gasteiger partial charge in [-0.15, -0.1) is 11.3 Å². The third kappa shape index (κ3) is 3.34. The number of aryl methyl sites for hydroxylation is 1. The number of likely N-dealkylation sites (tertiary alicyclic amines) is 1. The van der Waals surface area contributed by atoms with Crippen molar-refractivity contribution in [3.05, 3.63) is 69.9 Å². The summed E-state index contributed by atoms with van der Waals surface area (Å²) in [4.78, 5) is 22.3. The quantitative estimate of drug-likeness (QED) is 0.650. The Morgan fingerprint density at radius 3 is 2.83 bits per heavy atom. The van der Waals surface area contributed by atoms with Gasteiger partial charge in [0.2, 0.25) is 0 Å². The van der Waals surface area contributed by atoms with E-state index in [4.69, 9.17) is 4.74 Å². The lowest BCUT2D eigenvalue weighted by molar-refractivity contribution is 0.0553. The van der Waals surface area contributed by atoms with Gasteiger partial charge in [0.05, 0.1) is 36.4 Å². The molecule has 2 aliphatic rings. The van der Waals surface area contributed by atoms with E-state index in [-0.39, 0.29) is 18.0 Å². The molecule has 150 valence electrons. The number of ether oxygens (including phenoxy) is 1. The summed E-state index contributed by atoms with van der Waals surface area (Å²) in [5.74, 6) is 0.979. The molecule has 29 heavy (non-hydrogen) atoms. The van der Waals surface area contributed by atoms with Crippen LogP contribution in [0.5, 0.6) is 5.75 Å². The maximum Gasteiger partial charge on any atom is 0.271 e. The lowest BCUT2D eigenvalue weighted by atomic mass is 10.1. The number of amides is 1. The van der Waals surface area contributed by atoms with Crippen molar-refractivity contribution in [1.82, 2.24) is 19.4 Å². The van der Waals surface area contributed by atoms with Gasteiger partial charge < -0.3 is 14.2 Å². The van der Waals surface area contributed by atoms with Crippen molar-refractivity contribution in [3.8, 4) is 5.75 Å². The van der Waals surface area contributed by atoms with E-state index in [1.165, 1.54) is 5.56 Å². The molecule has 0 radical (unpaired) electrons. The summed E-state index contributed by atoms with van der Waals surface area (Å²) < 4.78 is 7.54. The Hall–Kier alpha value is -2.64. The highest BCUT2D eigenvalue weighted by Crippen LogP contribution is 2.35. The molecule has 0 aliphatic carbocycles. The number of hydrogen-bond acceptors (Lipinski definition) is 5. The molecule has 2 atom stereocenters. The van der Waals surface area contributed by atoms with Crippen LogP contribution in [0, 0.1) is 6.92 Å². The van der Waals surface area contributed by atoms with Gasteiger partial charge in [-0.2, -0.15) is 0 Å². The fraction of sp³-hybridized carbons (Fsp3) is 0.364. The summed E-state index contributed by atoms with van der Waals surface area (Å²) in [5, 5.41) is 3.10. The van der Waals surface area contributed by atoms with Crippen LogP contribution in [-0.2, 0) is 13.1 Å². The van der Waals surface area contributed by atoms with Crippen LogP contribution >= 0.6 is 11.3 Å². The van der Waals surface area contributed by atoms with Crippen LogP contribution in [0.25, 0.3) is 0 Å². The molecule has 2 aliphatic heterocycles. The van der Waals surface area contributed by atoms with E-state index in [0.717, 1.165) is 41.8 Å². The summed E-state index contributed by atoms with van der Waals surface area (Å²) in [5.41, 5.74) is 2.98. The number of aromatic nitrogens is 2. The van der Waals surface area contributed by atoms with Crippen molar-refractivity contribution in [2.24, 2.45) is 0 Å². The topological polar surface area (TPSA) is 50.6 Å². The van der Waals surface area contributed by atoms with E-state index in [9.17, 15) is 4.79 Å². The van der Waals surface area contributed by atoms with Gasteiger partial charge >= 0.3 is 0 Å². The first-order valence-corrected chi connectivity index (χ1v) is 10.7. The molecular formula is C22H24N4O2S. The zero-order valence-corrected chi connectivity index (χ0v) is 17.4. The second-order valence-electron chi connectivity index (χ2n) is 7.77. The predicted molar refractivity (Wildman–Crippen MR) is 112 cm³/mol. The third-order valence-corrected chi connectivity index (χ3v) is 6.71. The zero-order chi connectivity index (χ0) is 20.0. The molecular weight excluding hydrogens is 384 g/mol. The Balaban J connectivity index is 1.41. The van der Waals surface area contributed by atoms with Crippen molar-refractivity contribution < 1.29 is 9.53 Å². The highest BCUT2D eigenvalue weighted by molar-refractivity contribution is 7.09. The number of carbonyl (C=O) groups is 1. The van der Waals surface area contributed by atoms with E-state index in [1.807, 2.05) is 42.3 Å². The second-order valence-corrected chi connectivity index (χ2v) is 8.83. The normalized spacial score (nSPS) is 21.3. The van der Waals surface area contributed by atoms with Crippen LogP contribution in [0.1, 0.15) is 32.8 Å². The fourth-order valence-electron chi connectivity index (χ4n) is 4.59. The molecule has 4 heterocycles. The maximum atomic E-state index is 13.2. The average Bonchev–Trinajstić information content (AvgIpc) is 3.45. The molecule has 2 aromatic heterocycles. The van der Waals surface area contributed by atoms with Gasteiger partial charge in [-0.3, -0.25) is 9.69 Å². The molecule has 1 saturated heterocycles. The molecule has 1 amide bonds. The van der Waals surface area contributed by atoms with Crippen LogP contribution in [0.2, 0.25) is 0 Å². The van der Waals surface area contributed by atoms with Gasteiger partial charge in [-0.1, -0.05) is 12.1 Å². The molecule has 0 spiro atoms. The summed E-state index contributed by atoms with van der Waals surface area (Å²) in [7, 11) is 1.70. The zero-order valence-electron chi connectivity index (χ0n) is 16.6. The number of rotatable bonds is 5. The van der Waals surface area contributed by atoms with Crippen molar-refractivity contribution >= 4 is 17.2 Å². The Bertz CT molecular complexity index is 1040. The van der Waals surface area contributed by atoms with E-state index >= 15 is 0 Å². The molecule has 3 aromatic rings. The second kappa shape index (κ2) is 7.31. The molecule has 5 rings (SSSR count). The van der Waals surface area contributed by atoms with Crippen LogP contribution in [0.4, 0.5) is 0 Å². The number of methoxy groups -OCH3 is 1. The predicted octanol–water partition coefficient (Wildman–Crippen LogP) is 3.34. The number of carbonyl (C=O) groups excluding carboxylic acids is 1. The van der Waals surface area contributed by atoms with Crippen molar-refractivity contribution in [2.75, 3.05) is 20.2 Å². The Morgan fingerprint density at radius 2 is 2.03 bits per heavy atom. The van der Waals surface area contributed by atoms with Crippen LogP contribution < -0.4 is 4.74 Å². The van der Waals surface area contributed by atoms with Gasteiger partial charge in [0.1, 0.15) is 11.4 Å². The molecule has 0 bridgehead atoms. The summed E-state index contributed by atoms with van der Waals surface area (Å²) in [6.07, 6.45) is 2.05. The molecule has 7 heteroatoms. The maximum absolute atomic E-state index is 13.2. The minimum absolute atomic E-state index is 0.102. The fourth-order valence-corrected chi connectivity index (χ4v) is 5.19. The average molecular weight is 409 g/mol. The number of hydrogen-bond donors (Lipinski definition) is 0. The summed E-state index contributed by atoms with van der Waals surface area (Å²) in [6.45, 7) is 5.20. The number of benzene rings is 1. The van der Waals surface area contributed by atoms with E-state index in [0.29, 0.717) is 6.54 Å². The highest BCUT2D eigenvalue weighted by atomic mass is 32.1. The third-order valence-electron chi connectivity index (χ3n) is 5.89. The minimum atomic E-state index is 0.102. The molecule has 6 nitrogen and oxygen atoms in total. The Labute approximate surface area is 174 Å². The lowest BCUT2D eigenvalue weighted by Crippen LogP contribution is -2.49. The molecule has 0 saturated carbocycles. The van der Waals surface area contributed by atoms with E-state index in [2.05, 4.69) is 32.0 Å². The minimum Gasteiger partial charge on any atom is -0.497 e. The number of fused-ring (bicyclic) bond motifs is 3. The van der Waals surface area contributed by atoms with Crippen LogP contribution in [0.3, 0.4) is 0 Å². The number of thiazole rings is 1. The van der Waals surface area contributed by atoms with Gasteiger partial charge in [-0.05, 0) is 36.8 Å². The van der Waals surface area contributed by atoms with Crippen LogP contribution in [-0.4, -0.2) is 51.5 Å². The summed E-state index contributed by atoms with van der Waals surface area (Å²) in [6, 6.07) is 12.5. The van der Waals surface area contributed by atoms with Crippen LogP contribution in [0.15, 0.2) is 48.0 Å². The first-order valence-electron chi connectivity index (χ1n) is 9.86. The monoisotopic (exact) mass is 408 g/mol. The van der Waals surface area contributed by atoms with Gasteiger partial charge in [0, 0.05) is 31.2 Å². The van der Waals surface area contributed by atoms with Gasteiger partial charge in [0.25, 0.3) is 5.91 Å². The van der Waals surface area contributed by atoms with Crippen molar-refractivity contribution in [1.29, 1.82) is 0 Å². The number of nitrogens with zero attached hydrogens (tertiary/aromatic N) is 4. The molecule has 1 fully saturated rings. The van der Waals surface area contributed by atoms with Crippen molar-refractivity contribution in [3.63, 3.8) is 0 Å². The molecule has 2 unspecified atom stereocenters. The van der Waals surface area contributed by atoms with Gasteiger partial charge in [0.15, 0.2) is 0 Å². The van der Waals surface area contributed by atoms with Crippen molar-refractivity contribution in [2.45, 2.75) is 32.1 Å². The first kappa shape index (κ1) is 18.4. The smallest absolute Gasteiger partial charge is 0.271 e. The SMILES string of the molecule is COc1cccc(CN2CC3C(C2)n2cccc2C(=O)N3Cc2csc(C)n2)c1. The largest absolute Gasteiger partial charge is 0.497 e. The standard InChI is InChI=1S/C22H24N4O2S/c1-15-23-17(14-29-15)11-26-21-13-24(10-16-5-3-6-18(9-16)28-2)12-20(21)25-8-4-7-19(25)22(26)27/h3-9,14,20-21H,10-13H2,1-2H3. The van der Waals surface area contributed by atoms with E-state index in [1.54, 1.807) is 18.4 Å². The lowest BCUT2D eigenvalue weighted by Gasteiger charge is -2.38.